The van der Waals surface area contributed by atoms with Gasteiger partial charge >= 0.3 is 5.97 Å². The maximum absolute atomic E-state index is 12.4. The van der Waals surface area contributed by atoms with Crippen molar-refractivity contribution in [3.63, 3.8) is 0 Å². The lowest BCUT2D eigenvalue weighted by atomic mass is 9.81. The fourth-order valence-corrected chi connectivity index (χ4v) is 3.00. The van der Waals surface area contributed by atoms with Crippen LogP contribution in [0.25, 0.3) is 0 Å². The van der Waals surface area contributed by atoms with E-state index in [-0.39, 0.29) is 16.3 Å². The minimum Gasteiger partial charge on any atom is -0.467 e. The normalized spacial score (nSPS) is 16.4. The number of esters is 1. The Kier molecular flexibility index (Phi) is 5.20. The van der Waals surface area contributed by atoms with Crippen LogP contribution in [0, 0.1) is 10.1 Å². The number of rotatable bonds is 4. The summed E-state index contributed by atoms with van der Waals surface area (Å²) in [5.41, 5.74) is -1.34. The number of amides is 1. The van der Waals surface area contributed by atoms with Gasteiger partial charge in [0.25, 0.3) is 11.6 Å². The van der Waals surface area contributed by atoms with Gasteiger partial charge in [0.05, 0.1) is 12.0 Å². The lowest BCUT2D eigenvalue weighted by molar-refractivity contribution is -0.384. The van der Waals surface area contributed by atoms with Gasteiger partial charge < -0.3 is 10.1 Å². The molecule has 0 aromatic heterocycles. The number of halogens is 1. The van der Waals surface area contributed by atoms with Crippen LogP contribution in [0.3, 0.4) is 0 Å². The highest BCUT2D eigenvalue weighted by Crippen LogP contribution is 2.30. The van der Waals surface area contributed by atoms with Gasteiger partial charge in [-0.1, -0.05) is 30.9 Å². The molecule has 0 aliphatic heterocycles. The number of hydrogen-bond donors (Lipinski definition) is 1. The Morgan fingerprint density at radius 3 is 2.52 bits per heavy atom. The molecule has 0 heterocycles. The third kappa shape index (κ3) is 3.61. The maximum Gasteiger partial charge on any atom is 0.331 e. The zero-order valence-electron chi connectivity index (χ0n) is 12.6. The second kappa shape index (κ2) is 6.95. The molecule has 1 aliphatic rings. The summed E-state index contributed by atoms with van der Waals surface area (Å²) in [7, 11) is 1.28. The third-order valence-electron chi connectivity index (χ3n) is 4.04. The van der Waals surface area contributed by atoms with Crippen molar-refractivity contribution in [3.8, 4) is 0 Å². The van der Waals surface area contributed by atoms with Crippen LogP contribution in [0.2, 0.25) is 5.02 Å². The van der Waals surface area contributed by atoms with Gasteiger partial charge in [-0.25, -0.2) is 4.79 Å². The van der Waals surface area contributed by atoms with E-state index in [1.54, 1.807) is 0 Å². The Morgan fingerprint density at radius 2 is 1.96 bits per heavy atom. The van der Waals surface area contributed by atoms with Crippen molar-refractivity contribution in [3.05, 3.63) is 38.9 Å². The molecule has 0 radical (unpaired) electrons. The topological polar surface area (TPSA) is 98.5 Å². The fraction of sp³-hybridized carbons (Fsp3) is 0.467. The van der Waals surface area contributed by atoms with Crippen molar-refractivity contribution < 1.29 is 19.2 Å². The maximum atomic E-state index is 12.4. The Labute approximate surface area is 138 Å². The highest BCUT2D eigenvalue weighted by molar-refractivity contribution is 6.32. The Morgan fingerprint density at radius 1 is 1.30 bits per heavy atom. The first-order valence-corrected chi connectivity index (χ1v) is 7.62. The number of carbonyl (C=O) groups excluding carboxylic acids is 2. The average molecular weight is 341 g/mol. The third-order valence-corrected chi connectivity index (χ3v) is 4.36. The average Bonchev–Trinajstić information content (AvgIpc) is 2.54. The minimum absolute atomic E-state index is 0.0492. The quantitative estimate of drug-likeness (QED) is 0.516. The number of carbonyl (C=O) groups is 2. The number of benzene rings is 1. The van der Waals surface area contributed by atoms with Crippen molar-refractivity contribution in [2.75, 3.05) is 7.11 Å². The van der Waals surface area contributed by atoms with E-state index in [1.807, 2.05) is 0 Å². The van der Waals surface area contributed by atoms with E-state index >= 15 is 0 Å². The summed E-state index contributed by atoms with van der Waals surface area (Å²) in [5, 5.41) is 13.6. The molecular weight excluding hydrogens is 324 g/mol. The van der Waals surface area contributed by atoms with Crippen molar-refractivity contribution >= 4 is 29.2 Å². The van der Waals surface area contributed by atoms with Crippen LogP contribution >= 0.6 is 11.6 Å². The molecule has 1 fully saturated rings. The van der Waals surface area contributed by atoms with E-state index in [0.717, 1.165) is 25.3 Å². The van der Waals surface area contributed by atoms with E-state index < -0.39 is 22.3 Å². The van der Waals surface area contributed by atoms with Crippen LogP contribution in [0.1, 0.15) is 42.5 Å². The predicted octanol–water partition coefficient (Wildman–Crippen LogP) is 2.85. The molecule has 2 rings (SSSR count). The molecule has 8 heteroatoms. The SMILES string of the molecule is COC(=O)C1(NC(=O)c2ccc(Cl)c([N+](=O)[O-])c2)CCCCC1. The molecule has 1 aromatic carbocycles. The van der Waals surface area contributed by atoms with Crippen LogP contribution in [-0.2, 0) is 9.53 Å². The van der Waals surface area contributed by atoms with Crippen LogP contribution in [0.5, 0.6) is 0 Å². The molecule has 0 spiro atoms. The number of hydrogen-bond acceptors (Lipinski definition) is 5. The second-order valence-corrected chi connectivity index (χ2v) is 5.92. The summed E-state index contributed by atoms with van der Waals surface area (Å²) in [5.74, 6) is -1.05. The van der Waals surface area contributed by atoms with Gasteiger partial charge in [-0.05, 0) is 25.0 Å². The standard InChI is InChI=1S/C15H17ClN2O5/c1-23-14(20)15(7-3-2-4-8-15)17-13(19)10-5-6-11(16)12(9-10)18(21)22/h5-6,9H,2-4,7-8H2,1H3,(H,17,19). The number of nitro benzene ring substituents is 1. The smallest absolute Gasteiger partial charge is 0.331 e. The van der Waals surface area contributed by atoms with Crippen LogP contribution in [0.4, 0.5) is 5.69 Å². The lowest BCUT2D eigenvalue weighted by Crippen LogP contribution is -2.56. The molecule has 0 unspecified atom stereocenters. The van der Waals surface area contributed by atoms with Crippen molar-refractivity contribution in [1.82, 2.24) is 5.32 Å². The van der Waals surface area contributed by atoms with E-state index in [1.165, 1.54) is 19.2 Å². The molecule has 23 heavy (non-hydrogen) atoms. The van der Waals surface area contributed by atoms with Gasteiger partial charge in [-0.15, -0.1) is 0 Å². The van der Waals surface area contributed by atoms with Crippen LogP contribution < -0.4 is 5.32 Å². The zero-order chi connectivity index (χ0) is 17.0. The van der Waals surface area contributed by atoms with Gasteiger partial charge in [0.2, 0.25) is 0 Å². The van der Waals surface area contributed by atoms with Gasteiger partial charge in [-0.3, -0.25) is 14.9 Å². The van der Waals surface area contributed by atoms with Crippen molar-refractivity contribution in [2.24, 2.45) is 0 Å². The molecular formula is C15H17ClN2O5. The number of methoxy groups -OCH3 is 1. The highest BCUT2D eigenvalue weighted by Gasteiger charge is 2.42. The molecule has 0 atom stereocenters. The predicted molar refractivity (Wildman–Crippen MR) is 83.4 cm³/mol. The molecule has 0 bridgehead atoms. The molecule has 1 aliphatic carbocycles. The summed E-state index contributed by atoms with van der Waals surface area (Å²) in [4.78, 5) is 34.8. The fourth-order valence-electron chi connectivity index (χ4n) is 2.81. The second-order valence-electron chi connectivity index (χ2n) is 5.51. The van der Waals surface area contributed by atoms with Crippen LogP contribution in [0.15, 0.2) is 18.2 Å². The monoisotopic (exact) mass is 340 g/mol. The zero-order valence-corrected chi connectivity index (χ0v) is 13.4. The van der Waals surface area contributed by atoms with E-state index in [9.17, 15) is 19.7 Å². The number of nitro groups is 1. The summed E-state index contributed by atoms with van der Waals surface area (Å²) in [6, 6.07) is 3.78. The Bertz CT molecular complexity index is 641. The molecule has 1 aromatic rings. The first-order valence-electron chi connectivity index (χ1n) is 7.24. The molecule has 7 nitrogen and oxygen atoms in total. The molecule has 1 saturated carbocycles. The van der Waals surface area contributed by atoms with E-state index in [4.69, 9.17) is 16.3 Å². The first-order chi connectivity index (χ1) is 10.9. The molecule has 1 amide bonds. The summed E-state index contributed by atoms with van der Waals surface area (Å²) in [6.45, 7) is 0. The van der Waals surface area contributed by atoms with E-state index in [0.29, 0.717) is 12.8 Å². The number of nitrogens with zero attached hydrogens (tertiary/aromatic N) is 1. The lowest BCUT2D eigenvalue weighted by Gasteiger charge is -2.35. The highest BCUT2D eigenvalue weighted by atomic mass is 35.5. The summed E-state index contributed by atoms with van der Waals surface area (Å²) in [6.07, 6.45) is 3.56. The Balaban J connectivity index is 2.27. The van der Waals surface area contributed by atoms with Gasteiger partial charge in [-0.2, -0.15) is 0 Å². The first kappa shape index (κ1) is 17.2. The van der Waals surface area contributed by atoms with Gasteiger partial charge in [0, 0.05) is 11.6 Å². The minimum atomic E-state index is -1.07. The molecule has 124 valence electrons. The summed E-state index contributed by atoms with van der Waals surface area (Å²) >= 11 is 5.74. The van der Waals surface area contributed by atoms with Crippen molar-refractivity contribution in [1.29, 1.82) is 0 Å². The van der Waals surface area contributed by atoms with Crippen LogP contribution in [-0.4, -0.2) is 29.4 Å². The number of ether oxygens (including phenoxy) is 1. The Hall–Kier alpha value is -2.15. The largest absolute Gasteiger partial charge is 0.467 e. The summed E-state index contributed by atoms with van der Waals surface area (Å²) < 4.78 is 4.83. The van der Waals surface area contributed by atoms with Gasteiger partial charge in [0.1, 0.15) is 10.6 Å². The van der Waals surface area contributed by atoms with Gasteiger partial charge in [0.15, 0.2) is 0 Å². The molecule has 1 N–H and O–H groups in total. The molecule has 0 saturated heterocycles. The number of nitrogens with one attached hydrogen (secondary N) is 1. The van der Waals surface area contributed by atoms with E-state index in [2.05, 4.69) is 5.32 Å². The van der Waals surface area contributed by atoms with Crippen molar-refractivity contribution in [2.45, 2.75) is 37.6 Å².